The van der Waals surface area contributed by atoms with Crippen LogP contribution in [0.15, 0.2) is 71.9 Å². The van der Waals surface area contributed by atoms with Gasteiger partial charge in [0, 0.05) is 5.57 Å². The molecule has 0 saturated carbocycles. The zero-order chi connectivity index (χ0) is 15.8. The highest BCUT2D eigenvalue weighted by Crippen LogP contribution is 2.23. The van der Waals surface area contributed by atoms with Crippen molar-refractivity contribution in [1.29, 1.82) is 0 Å². The number of ketones is 1. The summed E-state index contributed by atoms with van der Waals surface area (Å²) >= 11 is 0. The Balaban J connectivity index is 2.11. The van der Waals surface area contributed by atoms with E-state index in [9.17, 15) is 9.90 Å². The second-order valence-electron chi connectivity index (χ2n) is 5.38. The number of allylic oxidation sites excluding steroid dienone is 6. The van der Waals surface area contributed by atoms with Crippen LogP contribution in [0.2, 0.25) is 0 Å². The van der Waals surface area contributed by atoms with E-state index >= 15 is 0 Å². The lowest BCUT2D eigenvalue weighted by Crippen LogP contribution is -2.01. The smallest absolute Gasteiger partial charge is 0.186 e. The first-order chi connectivity index (χ1) is 10.7. The lowest BCUT2D eigenvalue weighted by atomic mass is 10.0. The number of hydrogen-bond donors (Lipinski definition) is 1. The first kappa shape index (κ1) is 16.2. The Labute approximate surface area is 132 Å². The number of carbonyl (C=O) groups excluding carboxylic acids is 1. The molecule has 2 heteroatoms. The molecule has 1 unspecified atom stereocenters. The standard InChI is InChI=1S/C20H22O2/c1-2-3-10-18(21)11-7-12-19-17(13-14-20(19)22)15-16-8-5-4-6-9-16/h4-9,11-15,18,21H,2-3,10H2,1H3. The Morgan fingerprint density at radius 3 is 2.68 bits per heavy atom. The molecule has 1 aliphatic rings. The molecule has 0 saturated heterocycles. The van der Waals surface area contributed by atoms with Crippen molar-refractivity contribution in [2.45, 2.75) is 32.3 Å². The molecule has 114 valence electrons. The third-order valence-corrected chi connectivity index (χ3v) is 3.56. The monoisotopic (exact) mass is 294 g/mol. The lowest BCUT2D eigenvalue weighted by Gasteiger charge is -2.03. The average Bonchev–Trinajstić information content (AvgIpc) is 2.87. The van der Waals surface area contributed by atoms with E-state index < -0.39 is 6.10 Å². The molecule has 0 fully saturated rings. The zero-order valence-electron chi connectivity index (χ0n) is 12.9. The maximum absolute atomic E-state index is 11.9. The summed E-state index contributed by atoms with van der Waals surface area (Å²) in [5, 5.41) is 9.79. The van der Waals surface area contributed by atoms with E-state index in [0.717, 1.165) is 30.4 Å². The van der Waals surface area contributed by atoms with Crippen molar-refractivity contribution in [1.82, 2.24) is 0 Å². The van der Waals surface area contributed by atoms with Crippen molar-refractivity contribution in [2.24, 2.45) is 0 Å². The maximum Gasteiger partial charge on any atom is 0.186 e. The number of rotatable bonds is 6. The molecule has 22 heavy (non-hydrogen) atoms. The molecule has 2 rings (SSSR count). The van der Waals surface area contributed by atoms with Crippen LogP contribution >= 0.6 is 0 Å². The van der Waals surface area contributed by atoms with Crippen molar-refractivity contribution >= 4 is 11.9 Å². The number of carbonyl (C=O) groups is 1. The fraction of sp³-hybridized carbons (Fsp3) is 0.250. The summed E-state index contributed by atoms with van der Waals surface area (Å²) in [7, 11) is 0. The molecule has 0 heterocycles. The van der Waals surface area contributed by atoms with E-state index in [1.54, 1.807) is 24.3 Å². The van der Waals surface area contributed by atoms with Gasteiger partial charge in [-0.25, -0.2) is 0 Å². The molecular formula is C20H22O2. The first-order valence-electron chi connectivity index (χ1n) is 7.77. The Bertz CT molecular complexity index is 618. The predicted molar refractivity (Wildman–Crippen MR) is 91.3 cm³/mol. The number of aliphatic hydroxyl groups is 1. The summed E-state index contributed by atoms with van der Waals surface area (Å²) in [6, 6.07) is 9.92. The molecule has 2 nitrogen and oxygen atoms in total. The minimum absolute atomic E-state index is 0.00915. The molecule has 1 N–H and O–H groups in total. The van der Waals surface area contributed by atoms with Crippen molar-refractivity contribution in [3.05, 3.63) is 77.4 Å². The first-order valence-corrected chi connectivity index (χ1v) is 7.77. The van der Waals surface area contributed by atoms with E-state index in [-0.39, 0.29) is 5.78 Å². The highest BCUT2D eigenvalue weighted by molar-refractivity contribution is 6.13. The Morgan fingerprint density at radius 2 is 1.95 bits per heavy atom. The van der Waals surface area contributed by atoms with Crippen molar-refractivity contribution in [2.75, 3.05) is 0 Å². The fourth-order valence-electron chi connectivity index (χ4n) is 2.31. The molecule has 0 spiro atoms. The van der Waals surface area contributed by atoms with Gasteiger partial charge in [0.25, 0.3) is 0 Å². The van der Waals surface area contributed by atoms with Gasteiger partial charge >= 0.3 is 0 Å². The highest BCUT2D eigenvalue weighted by Gasteiger charge is 2.15. The van der Waals surface area contributed by atoms with Gasteiger partial charge in [-0.2, -0.15) is 0 Å². The van der Waals surface area contributed by atoms with Crippen molar-refractivity contribution < 1.29 is 9.90 Å². The molecule has 1 atom stereocenters. The molecule has 0 amide bonds. The van der Waals surface area contributed by atoms with Gasteiger partial charge < -0.3 is 5.11 Å². The van der Waals surface area contributed by atoms with Gasteiger partial charge in [-0.1, -0.05) is 74.4 Å². The van der Waals surface area contributed by atoms with Crippen LogP contribution in [0.5, 0.6) is 0 Å². The Kier molecular flexibility index (Phi) is 6.11. The average molecular weight is 294 g/mol. The lowest BCUT2D eigenvalue weighted by molar-refractivity contribution is -0.110. The second kappa shape index (κ2) is 8.30. The van der Waals surface area contributed by atoms with Crippen LogP contribution in [0.3, 0.4) is 0 Å². The van der Waals surface area contributed by atoms with Crippen LogP contribution in [0.25, 0.3) is 6.08 Å². The summed E-state index contributed by atoms with van der Waals surface area (Å²) in [6.45, 7) is 2.10. The molecule has 0 radical (unpaired) electrons. The molecule has 0 aromatic heterocycles. The summed E-state index contributed by atoms with van der Waals surface area (Å²) in [4.78, 5) is 11.9. The van der Waals surface area contributed by atoms with Gasteiger partial charge in [0.2, 0.25) is 0 Å². The van der Waals surface area contributed by atoms with E-state index in [2.05, 4.69) is 6.92 Å². The van der Waals surface area contributed by atoms with Crippen LogP contribution in [-0.2, 0) is 4.79 Å². The summed E-state index contributed by atoms with van der Waals surface area (Å²) in [6.07, 6.45) is 13.1. The molecule has 0 bridgehead atoms. The third-order valence-electron chi connectivity index (χ3n) is 3.56. The summed E-state index contributed by atoms with van der Waals surface area (Å²) in [5.41, 5.74) is 2.64. The van der Waals surface area contributed by atoms with E-state index in [4.69, 9.17) is 0 Å². The molecular weight excluding hydrogens is 272 g/mol. The van der Waals surface area contributed by atoms with Crippen molar-refractivity contribution in [3.8, 4) is 0 Å². The van der Waals surface area contributed by atoms with Crippen LogP contribution in [0.1, 0.15) is 31.7 Å². The van der Waals surface area contributed by atoms with Crippen LogP contribution in [-0.4, -0.2) is 17.0 Å². The van der Waals surface area contributed by atoms with Gasteiger partial charge in [-0.3, -0.25) is 4.79 Å². The number of unbranched alkanes of at least 4 members (excludes halogenated alkanes) is 1. The van der Waals surface area contributed by atoms with E-state index in [0.29, 0.717) is 5.57 Å². The fourth-order valence-corrected chi connectivity index (χ4v) is 2.31. The van der Waals surface area contributed by atoms with E-state index in [1.807, 2.05) is 42.5 Å². The SMILES string of the molecule is CCCCC(O)C=CC=C1C(=O)C=CC1=Cc1ccccc1. The minimum Gasteiger partial charge on any atom is -0.389 e. The van der Waals surface area contributed by atoms with Gasteiger partial charge in [-0.05, 0) is 29.7 Å². The third kappa shape index (κ3) is 4.68. The van der Waals surface area contributed by atoms with Crippen LogP contribution < -0.4 is 0 Å². The highest BCUT2D eigenvalue weighted by atomic mass is 16.3. The van der Waals surface area contributed by atoms with Crippen LogP contribution in [0, 0.1) is 0 Å². The number of hydrogen-bond acceptors (Lipinski definition) is 2. The number of benzene rings is 1. The van der Waals surface area contributed by atoms with Crippen molar-refractivity contribution in [3.63, 3.8) is 0 Å². The second-order valence-corrected chi connectivity index (χ2v) is 5.38. The largest absolute Gasteiger partial charge is 0.389 e. The number of aliphatic hydroxyl groups excluding tert-OH is 1. The van der Waals surface area contributed by atoms with Gasteiger partial charge in [0.1, 0.15) is 0 Å². The maximum atomic E-state index is 11.9. The predicted octanol–water partition coefficient (Wildman–Crippen LogP) is 4.24. The molecule has 1 aliphatic carbocycles. The minimum atomic E-state index is -0.442. The Morgan fingerprint density at radius 1 is 1.18 bits per heavy atom. The quantitative estimate of drug-likeness (QED) is 0.797. The molecule has 0 aliphatic heterocycles. The summed E-state index contributed by atoms with van der Waals surface area (Å²) in [5.74, 6) is 0.00915. The van der Waals surface area contributed by atoms with Gasteiger partial charge in [0.15, 0.2) is 5.78 Å². The van der Waals surface area contributed by atoms with E-state index in [1.165, 1.54) is 0 Å². The zero-order valence-corrected chi connectivity index (χ0v) is 12.9. The molecule has 1 aromatic rings. The Hall–Kier alpha value is -2.19. The normalized spacial score (nSPS) is 19.6. The molecule has 1 aromatic carbocycles. The van der Waals surface area contributed by atoms with Gasteiger partial charge in [-0.15, -0.1) is 0 Å². The van der Waals surface area contributed by atoms with Gasteiger partial charge in [0.05, 0.1) is 6.10 Å². The topological polar surface area (TPSA) is 37.3 Å². The summed E-state index contributed by atoms with van der Waals surface area (Å²) < 4.78 is 0. The van der Waals surface area contributed by atoms with Crippen LogP contribution in [0.4, 0.5) is 0 Å².